The maximum atomic E-state index is 10.4. The number of halogens is 1. The van der Waals surface area contributed by atoms with E-state index in [1.165, 1.54) is 0 Å². The zero-order valence-electron chi connectivity index (χ0n) is 8.57. The van der Waals surface area contributed by atoms with Gasteiger partial charge in [0, 0.05) is 10.5 Å². The van der Waals surface area contributed by atoms with Gasteiger partial charge in [0.1, 0.15) is 5.75 Å². The molecule has 1 heterocycles. The quantitative estimate of drug-likeness (QED) is 0.799. The topological polar surface area (TPSA) is 39.4 Å². The van der Waals surface area contributed by atoms with Crippen LogP contribution >= 0.6 is 15.9 Å². The van der Waals surface area contributed by atoms with Gasteiger partial charge < -0.3 is 9.15 Å². The van der Waals surface area contributed by atoms with Crippen LogP contribution in [-0.4, -0.2) is 6.29 Å². The lowest BCUT2D eigenvalue weighted by molar-refractivity contribution is 0.109. The average Bonchev–Trinajstić information content (AvgIpc) is 2.70. The van der Waals surface area contributed by atoms with E-state index in [1.807, 2.05) is 25.1 Å². The first-order valence-electron chi connectivity index (χ1n) is 4.68. The Morgan fingerprint density at radius 2 is 2.12 bits per heavy atom. The van der Waals surface area contributed by atoms with Gasteiger partial charge in [0.25, 0.3) is 5.95 Å². The average molecular weight is 281 g/mol. The van der Waals surface area contributed by atoms with Crippen LogP contribution in [0.25, 0.3) is 0 Å². The van der Waals surface area contributed by atoms with Gasteiger partial charge in [-0.2, -0.15) is 0 Å². The van der Waals surface area contributed by atoms with Crippen molar-refractivity contribution in [3.8, 4) is 11.7 Å². The van der Waals surface area contributed by atoms with Crippen LogP contribution < -0.4 is 4.74 Å². The van der Waals surface area contributed by atoms with Gasteiger partial charge in [-0.25, -0.2) is 0 Å². The van der Waals surface area contributed by atoms with Crippen LogP contribution in [0.3, 0.4) is 0 Å². The molecule has 0 aliphatic heterocycles. The summed E-state index contributed by atoms with van der Waals surface area (Å²) in [6, 6.07) is 8.84. The Labute approximate surface area is 101 Å². The largest absolute Gasteiger partial charge is 0.426 e. The number of aryl methyl sites for hydroxylation is 1. The smallest absolute Gasteiger partial charge is 0.290 e. The highest BCUT2D eigenvalue weighted by Gasteiger charge is 2.05. The van der Waals surface area contributed by atoms with Gasteiger partial charge in [0.15, 0.2) is 12.0 Å². The molecule has 2 aromatic rings. The second-order valence-corrected chi connectivity index (χ2v) is 4.20. The molecule has 0 amide bonds. The first kappa shape index (κ1) is 11.0. The Kier molecular flexibility index (Phi) is 3.10. The van der Waals surface area contributed by atoms with Gasteiger partial charge in [0.05, 0.1) is 0 Å². The van der Waals surface area contributed by atoms with Crippen LogP contribution in [0.2, 0.25) is 0 Å². The number of aldehydes is 1. The zero-order chi connectivity index (χ0) is 11.5. The molecule has 0 radical (unpaired) electrons. The molecule has 0 unspecified atom stereocenters. The van der Waals surface area contributed by atoms with E-state index in [4.69, 9.17) is 9.15 Å². The summed E-state index contributed by atoms with van der Waals surface area (Å²) < 4.78 is 11.6. The van der Waals surface area contributed by atoms with E-state index in [1.54, 1.807) is 12.1 Å². The Bertz CT molecular complexity index is 517. The molecular formula is C12H9BrO3. The number of carbonyl (C=O) groups excluding carboxylic acids is 1. The number of hydrogen-bond acceptors (Lipinski definition) is 3. The molecule has 0 N–H and O–H groups in total. The molecule has 0 atom stereocenters. The Hall–Kier alpha value is -1.55. The minimum Gasteiger partial charge on any atom is -0.426 e. The minimum absolute atomic E-state index is 0.254. The summed E-state index contributed by atoms with van der Waals surface area (Å²) in [6.07, 6.45) is 0.640. The number of carbonyl (C=O) groups is 1. The second kappa shape index (κ2) is 4.53. The van der Waals surface area contributed by atoms with E-state index in [0.717, 1.165) is 10.0 Å². The van der Waals surface area contributed by atoms with Crippen LogP contribution in [-0.2, 0) is 0 Å². The highest BCUT2D eigenvalue weighted by molar-refractivity contribution is 9.10. The Morgan fingerprint density at radius 3 is 2.75 bits per heavy atom. The first-order valence-corrected chi connectivity index (χ1v) is 5.47. The summed E-state index contributed by atoms with van der Waals surface area (Å²) >= 11 is 3.37. The SMILES string of the molecule is Cc1cc(Br)ccc1Oc1ccc(C=O)o1. The third-order valence-corrected chi connectivity index (χ3v) is 2.56. The Balaban J connectivity index is 2.23. The van der Waals surface area contributed by atoms with Crippen molar-refractivity contribution >= 4 is 22.2 Å². The highest BCUT2D eigenvalue weighted by Crippen LogP contribution is 2.28. The maximum Gasteiger partial charge on any atom is 0.290 e. The minimum atomic E-state index is 0.254. The summed E-state index contributed by atoms with van der Waals surface area (Å²) in [5.41, 5.74) is 0.985. The molecular weight excluding hydrogens is 272 g/mol. The molecule has 3 nitrogen and oxygen atoms in total. The molecule has 0 saturated carbocycles. The number of benzene rings is 1. The van der Waals surface area contributed by atoms with E-state index in [2.05, 4.69) is 15.9 Å². The van der Waals surface area contributed by atoms with E-state index in [0.29, 0.717) is 18.0 Å². The van der Waals surface area contributed by atoms with E-state index in [9.17, 15) is 4.79 Å². The first-order chi connectivity index (χ1) is 7.69. The Morgan fingerprint density at radius 1 is 1.31 bits per heavy atom. The number of rotatable bonds is 3. The fourth-order valence-electron chi connectivity index (χ4n) is 1.29. The molecule has 0 fully saturated rings. The molecule has 4 heteroatoms. The van der Waals surface area contributed by atoms with E-state index < -0.39 is 0 Å². The van der Waals surface area contributed by atoms with Crippen LogP contribution in [0, 0.1) is 6.92 Å². The molecule has 82 valence electrons. The summed E-state index contributed by atoms with van der Waals surface area (Å²) in [5.74, 6) is 1.27. The van der Waals surface area contributed by atoms with Gasteiger partial charge in [0.2, 0.25) is 0 Å². The molecule has 0 aliphatic rings. The third-order valence-electron chi connectivity index (χ3n) is 2.07. The second-order valence-electron chi connectivity index (χ2n) is 3.29. The number of ether oxygens (including phenoxy) is 1. The molecule has 0 aliphatic carbocycles. The number of furan rings is 1. The van der Waals surface area contributed by atoms with Crippen molar-refractivity contribution < 1.29 is 13.9 Å². The summed E-state index contributed by atoms with van der Waals surface area (Å²) in [5, 5.41) is 0. The van der Waals surface area contributed by atoms with Crippen molar-refractivity contribution in [2.45, 2.75) is 6.92 Å². The number of hydrogen-bond donors (Lipinski definition) is 0. The maximum absolute atomic E-state index is 10.4. The lowest BCUT2D eigenvalue weighted by atomic mass is 10.2. The van der Waals surface area contributed by atoms with Gasteiger partial charge in [-0.1, -0.05) is 15.9 Å². The van der Waals surface area contributed by atoms with Crippen LogP contribution in [0.5, 0.6) is 11.7 Å². The van der Waals surface area contributed by atoms with E-state index in [-0.39, 0.29) is 5.76 Å². The van der Waals surface area contributed by atoms with Crippen molar-refractivity contribution in [1.29, 1.82) is 0 Å². The van der Waals surface area contributed by atoms with Crippen molar-refractivity contribution in [3.05, 3.63) is 46.1 Å². The predicted molar refractivity (Wildman–Crippen MR) is 63.0 cm³/mol. The summed E-state index contributed by atoms with van der Waals surface area (Å²) in [7, 11) is 0. The van der Waals surface area contributed by atoms with Crippen molar-refractivity contribution in [2.24, 2.45) is 0 Å². The molecule has 0 bridgehead atoms. The van der Waals surface area contributed by atoms with Crippen molar-refractivity contribution in [3.63, 3.8) is 0 Å². The van der Waals surface area contributed by atoms with Gasteiger partial charge in [-0.15, -0.1) is 0 Å². The van der Waals surface area contributed by atoms with Gasteiger partial charge in [-0.3, -0.25) is 4.79 Å². The lowest BCUT2D eigenvalue weighted by Crippen LogP contribution is -1.85. The third kappa shape index (κ3) is 2.33. The monoisotopic (exact) mass is 280 g/mol. The summed E-state index contributed by atoms with van der Waals surface area (Å²) in [4.78, 5) is 10.4. The van der Waals surface area contributed by atoms with Gasteiger partial charge >= 0.3 is 0 Å². The fraction of sp³-hybridized carbons (Fsp3) is 0.0833. The van der Waals surface area contributed by atoms with Crippen LogP contribution in [0.15, 0.2) is 39.2 Å². The van der Waals surface area contributed by atoms with Crippen LogP contribution in [0.4, 0.5) is 0 Å². The lowest BCUT2D eigenvalue weighted by Gasteiger charge is -2.05. The van der Waals surface area contributed by atoms with Gasteiger partial charge in [-0.05, 0) is 36.8 Å². The molecule has 1 aromatic heterocycles. The molecule has 0 spiro atoms. The molecule has 2 rings (SSSR count). The van der Waals surface area contributed by atoms with Crippen LogP contribution in [0.1, 0.15) is 16.1 Å². The molecule has 16 heavy (non-hydrogen) atoms. The standard InChI is InChI=1S/C12H9BrO3/c1-8-6-9(13)2-4-11(8)16-12-5-3-10(7-14)15-12/h2-7H,1H3. The predicted octanol–water partition coefficient (Wildman–Crippen LogP) is 3.96. The fourth-order valence-corrected chi connectivity index (χ4v) is 1.76. The zero-order valence-corrected chi connectivity index (χ0v) is 10.2. The molecule has 1 aromatic carbocycles. The summed E-state index contributed by atoms with van der Waals surface area (Å²) in [6.45, 7) is 1.93. The van der Waals surface area contributed by atoms with E-state index >= 15 is 0 Å². The van der Waals surface area contributed by atoms with Crippen molar-refractivity contribution in [1.82, 2.24) is 0 Å². The molecule has 0 saturated heterocycles. The normalized spacial score (nSPS) is 10.1. The van der Waals surface area contributed by atoms with Crippen molar-refractivity contribution in [2.75, 3.05) is 0 Å². The highest BCUT2D eigenvalue weighted by atomic mass is 79.9.